The molecule has 2 unspecified atom stereocenters. The molecule has 0 aliphatic carbocycles. The lowest BCUT2D eigenvalue weighted by Crippen LogP contribution is -2.46. The van der Waals surface area contributed by atoms with E-state index >= 15 is 0 Å². The number of rotatable bonds is 10. The molecule has 0 rings (SSSR count). The van der Waals surface area contributed by atoms with Crippen molar-refractivity contribution in [2.24, 2.45) is 0 Å². The van der Waals surface area contributed by atoms with E-state index in [0.29, 0.717) is 12.2 Å². The minimum Gasteiger partial charge on any atom is -0.391 e. The highest BCUT2D eigenvalue weighted by atomic mass is 79.9. The Morgan fingerprint density at radius 2 is 1.47 bits per heavy atom. The van der Waals surface area contributed by atoms with Gasteiger partial charge in [0.25, 0.3) is 0 Å². The van der Waals surface area contributed by atoms with E-state index in [9.17, 15) is 0 Å². The third kappa shape index (κ3) is 6.94. The fourth-order valence-electron chi connectivity index (χ4n) is 1.73. The molecule has 0 spiro atoms. The van der Waals surface area contributed by atoms with E-state index in [2.05, 4.69) is 50.5 Å². The first-order chi connectivity index (χ1) is 8.03. The van der Waals surface area contributed by atoms with Gasteiger partial charge in [0.2, 0.25) is 0 Å². The van der Waals surface area contributed by atoms with Gasteiger partial charge >= 0.3 is 8.56 Å². The van der Waals surface area contributed by atoms with Gasteiger partial charge in [0.05, 0.1) is 0 Å². The molecule has 0 aliphatic rings. The summed E-state index contributed by atoms with van der Waals surface area (Å²) in [6, 6.07) is 2.15. The minimum atomic E-state index is -1.99. The molecule has 17 heavy (non-hydrogen) atoms. The third-order valence-electron chi connectivity index (χ3n) is 3.21. The molecule has 2 nitrogen and oxygen atoms in total. The first kappa shape index (κ1) is 17.6. The summed E-state index contributed by atoms with van der Waals surface area (Å²) in [5.41, 5.74) is 0. The topological polar surface area (TPSA) is 18.5 Å². The molecule has 104 valence electrons. The lowest BCUT2D eigenvalue weighted by atomic mass is 10.3. The Balaban J connectivity index is 4.60. The predicted octanol–water partition coefficient (Wildman–Crippen LogP) is 4.86. The van der Waals surface area contributed by atoms with Crippen molar-refractivity contribution in [2.75, 3.05) is 5.33 Å². The van der Waals surface area contributed by atoms with Gasteiger partial charge in [-0.25, -0.2) is 0 Å². The van der Waals surface area contributed by atoms with Gasteiger partial charge in [0, 0.05) is 17.5 Å². The smallest absolute Gasteiger partial charge is 0.338 e. The zero-order valence-electron chi connectivity index (χ0n) is 12.1. The Morgan fingerprint density at radius 3 is 1.76 bits per heavy atom. The van der Waals surface area contributed by atoms with Gasteiger partial charge in [-0.05, 0) is 45.2 Å². The zero-order valence-corrected chi connectivity index (χ0v) is 14.7. The highest BCUT2D eigenvalue weighted by Crippen LogP contribution is 2.26. The van der Waals surface area contributed by atoms with Gasteiger partial charge in [-0.15, -0.1) is 0 Å². The summed E-state index contributed by atoms with van der Waals surface area (Å²) in [5, 5.41) is 1.04. The van der Waals surface area contributed by atoms with Crippen LogP contribution in [-0.2, 0) is 8.85 Å². The molecule has 0 amide bonds. The van der Waals surface area contributed by atoms with Gasteiger partial charge in [0.1, 0.15) is 0 Å². The van der Waals surface area contributed by atoms with Crippen molar-refractivity contribution in [2.45, 2.75) is 78.2 Å². The zero-order chi connectivity index (χ0) is 13.3. The quantitative estimate of drug-likeness (QED) is 0.422. The van der Waals surface area contributed by atoms with E-state index in [1.807, 2.05) is 0 Å². The largest absolute Gasteiger partial charge is 0.391 e. The monoisotopic (exact) mass is 324 g/mol. The molecule has 0 aromatic rings. The second-order valence-electron chi connectivity index (χ2n) is 4.73. The molecule has 0 fully saturated rings. The molecule has 0 N–H and O–H groups in total. The molecule has 0 aromatic heterocycles. The van der Waals surface area contributed by atoms with Crippen LogP contribution in [0.4, 0.5) is 0 Å². The van der Waals surface area contributed by atoms with E-state index < -0.39 is 8.56 Å². The first-order valence-electron chi connectivity index (χ1n) is 6.95. The molecule has 0 saturated carbocycles. The molecule has 0 aliphatic heterocycles. The van der Waals surface area contributed by atoms with E-state index in [1.165, 1.54) is 0 Å². The number of hydrogen-bond donors (Lipinski definition) is 0. The molecule has 0 heterocycles. The highest BCUT2D eigenvalue weighted by Gasteiger charge is 2.37. The fourth-order valence-corrected chi connectivity index (χ4v) is 6.02. The molecule has 0 bridgehead atoms. The Bertz CT molecular complexity index is 178. The van der Waals surface area contributed by atoms with Crippen molar-refractivity contribution >= 4 is 24.5 Å². The van der Waals surface area contributed by atoms with Gasteiger partial charge in [-0.2, -0.15) is 0 Å². The van der Waals surface area contributed by atoms with Gasteiger partial charge in [0.15, 0.2) is 0 Å². The van der Waals surface area contributed by atoms with Crippen molar-refractivity contribution in [3.63, 3.8) is 0 Å². The van der Waals surface area contributed by atoms with Crippen LogP contribution in [0.5, 0.6) is 0 Å². The lowest BCUT2D eigenvalue weighted by Gasteiger charge is -2.35. The van der Waals surface area contributed by atoms with Crippen molar-refractivity contribution in [3.05, 3.63) is 0 Å². The van der Waals surface area contributed by atoms with Crippen LogP contribution in [0.3, 0.4) is 0 Å². The Kier molecular flexibility index (Phi) is 9.88. The van der Waals surface area contributed by atoms with Crippen molar-refractivity contribution in [1.29, 1.82) is 0 Å². The molecule has 0 aromatic carbocycles. The van der Waals surface area contributed by atoms with Crippen LogP contribution in [0.1, 0.15) is 53.9 Å². The van der Waals surface area contributed by atoms with Crippen LogP contribution < -0.4 is 0 Å². The lowest BCUT2D eigenvalue weighted by molar-refractivity contribution is 0.0872. The van der Waals surface area contributed by atoms with Crippen molar-refractivity contribution in [3.8, 4) is 0 Å². The van der Waals surface area contributed by atoms with Crippen molar-refractivity contribution in [1.82, 2.24) is 0 Å². The maximum absolute atomic E-state index is 6.31. The Morgan fingerprint density at radius 1 is 1.00 bits per heavy atom. The standard InChI is InChI=1S/C13H29BrO2Si/c1-6-12(4)15-17(8-3,11-9-10-14)16-13(5)7-2/h12-13H,6-11H2,1-5H3. The average molecular weight is 325 g/mol. The van der Waals surface area contributed by atoms with E-state index in [1.54, 1.807) is 0 Å². The maximum Gasteiger partial charge on any atom is 0.338 e. The summed E-state index contributed by atoms with van der Waals surface area (Å²) in [7, 11) is -1.99. The van der Waals surface area contributed by atoms with Crippen molar-refractivity contribution < 1.29 is 8.85 Å². The molecule has 0 radical (unpaired) electrons. The molecular formula is C13H29BrO2Si. The summed E-state index contributed by atoms with van der Waals surface area (Å²) in [6.07, 6.45) is 3.91. The SMILES string of the molecule is CCC(C)O[Si](CC)(CCCBr)OC(C)CC. The Hall–Kier alpha value is 0.617. The number of hydrogen-bond acceptors (Lipinski definition) is 2. The van der Waals surface area contributed by atoms with Gasteiger partial charge in [-0.3, -0.25) is 0 Å². The highest BCUT2D eigenvalue weighted by molar-refractivity contribution is 9.09. The van der Waals surface area contributed by atoms with Crippen LogP contribution >= 0.6 is 15.9 Å². The average Bonchev–Trinajstić information content (AvgIpc) is 2.35. The van der Waals surface area contributed by atoms with Crippen LogP contribution in [0.25, 0.3) is 0 Å². The van der Waals surface area contributed by atoms with Crippen LogP contribution in [0.2, 0.25) is 12.1 Å². The normalized spacial score (nSPS) is 18.7. The summed E-state index contributed by atoms with van der Waals surface area (Å²) in [4.78, 5) is 0. The molecule has 4 heteroatoms. The number of halogens is 1. The van der Waals surface area contributed by atoms with E-state index in [4.69, 9.17) is 8.85 Å². The fraction of sp³-hybridized carbons (Fsp3) is 1.00. The Labute approximate surface area is 117 Å². The predicted molar refractivity (Wildman–Crippen MR) is 81.1 cm³/mol. The molecule has 2 atom stereocenters. The van der Waals surface area contributed by atoms with E-state index in [0.717, 1.165) is 36.7 Å². The summed E-state index contributed by atoms with van der Waals surface area (Å²) in [5.74, 6) is 0. The first-order valence-corrected chi connectivity index (χ1v) is 10.3. The summed E-state index contributed by atoms with van der Waals surface area (Å²) < 4.78 is 12.6. The molecule has 0 saturated heterocycles. The van der Waals surface area contributed by atoms with Crippen LogP contribution in [0.15, 0.2) is 0 Å². The minimum absolute atomic E-state index is 0.320. The second kappa shape index (κ2) is 9.53. The second-order valence-corrected chi connectivity index (χ2v) is 9.02. The number of alkyl halides is 1. The van der Waals surface area contributed by atoms with Gasteiger partial charge in [-0.1, -0.05) is 36.7 Å². The maximum atomic E-state index is 6.31. The molecular weight excluding hydrogens is 296 g/mol. The summed E-state index contributed by atoms with van der Waals surface area (Å²) >= 11 is 3.51. The van der Waals surface area contributed by atoms with Gasteiger partial charge < -0.3 is 8.85 Å². The van der Waals surface area contributed by atoms with Crippen LogP contribution in [-0.4, -0.2) is 26.1 Å². The summed E-state index contributed by atoms with van der Waals surface area (Å²) in [6.45, 7) is 10.9. The van der Waals surface area contributed by atoms with Crippen LogP contribution in [0, 0.1) is 0 Å². The van der Waals surface area contributed by atoms with E-state index in [-0.39, 0.29) is 0 Å². The third-order valence-corrected chi connectivity index (χ3v) is 7.63.